The number of anilines is 1. The molecule has 1 aliphatic rings. The minimum Gasteiger partial charge on any atom is -0.356 e. The van der Waals surface area contributed by atoms with Crippen LogP contribution < -0.4 is 4.90 Å². The van der Waals surface area contributed by atoms with Crippen LogP contribution in [0.4, 0.5) is 5.82 Å². The van der Waals surface area contributed by atoms with Crippen LogP contribution >= 0.6 is 0 Å². The molecule has 4 aromatic heterocycles. The molecule has 5 rings (SSSR count). The van der Waals surface area contributed by atoms with Crippen LogP contribution in [0.2, 0.25) is 0 Å². The topological polar surface area (TPSA) is 76.5 Å². The van der Waals surface area contributed by atoms with Gasteiger partial charge in [0, 0.05) is 36.8 Å². The molecule has 132 valence electrons. The zero-order valence-corrected chi connectivity index (χ0v) is 14.9. The fraction of sp³-hybridized carbons (Fsp3) is 0.389. The van der Waals surface area contributed by atoms with Crippen LogP contribution in [-0.2, 0) is 0 Å². The lowest BCUT2D eigenvalue weighted by Gasteiger charge is -2.32. The van der Waals surface area contributed by atoms with Gasteiger partial charge in [0.2, 0.25) is 0 Å². The van der Waals surface area contributed by atoms with Crippen LogP contribution in [-0.4, -0.2) is 47.5 Å². The first-order valence-corrected chi connectivity index (χ1v) is 8.94. The summed E-state index contributed by atoms with van der Waals surface area (Å²) in [6, 6.07) is 8.00. The van der Waals surface area contributed by atoms with E-state index >= 15 is 0 Å². The van der Waals surface area contributed by atoms with Gasteiger partial charge in [-0.2, -0.15) is 19.2 Å². The van der Waals surface area contributed by atoms with Gasteiger partial charge in [0.15, 0.2) is 17.1 Å². The minimum atomic E-state index is 0.367. The summed E-state index contributed by atoms with van der Waals surface area (Å²) in [4.78, 5) is 6.92. The van der Waals surface area contributed by atoms with Crippen molar-refractivity contribution in [2.45, 2.75) is 32.6 Å². The summed E-state index contributed by atoms with van der Waals surface area (Å²) >= 11 is 0. The molecule has 0 N–H and O–H groups in total. The first-order chi connectivity index (χ1) is 12.7. The normalized spacial score (nSPS) is 16.0. The molecule has 4 aromatic rings. The van der Waals surface area contributed by atoms with Crippen molar-refractivity contribution in [1.29, 1.82) is 0 Å². The Labute approximate surface area is 150 Å². The maximum absolute atomic E-state index is 4.59. The molecule has 8 heteroatoms. The van der Waals surface area contributed by atoms with Gasteiger partial charge in [-0.1, -0.05) is 0 Å². The summed E-state index contributed by atoms with van der Waals surface area (Å²) in [6.07, 6.45) is 3.83. The maximum Gasteiger partial charge on any atom is 0.177 e. The number of hydrogen-bond donors (Lipinski definition) is 0. The number of rotatable bonds is 2. The summed E-state index contributed by atoms with van der Waals surface area (Å²) in [5.41, 5.74) is 3.70. The number of aryl methyl sites for hydroxylation is 2. The van der Waals surface area contributed by atoms with Gasteiger partial charge in [-0.3, -0.25) is 0 Å². The number of fused-ring (bicyclic) bond motifs is 2. The first kappa shape index (κ1) is 15.2. The van der Waals surface area contributed by atoms with E-state index in [1.807, 2.05) is 41.1 Å². The highest BCUT2D eigenvalue weighted by Gasteiger charge is 2.26. The molecule has 0 spiro atoms. The molecule has 1 aliphatic heterocycles. The molecule has 0 atom stereocenters. The maximum atomic E-state index is 4.59. The van der Waals surface area contributed by atoms with E-state index in [0.717, 1.165) is 60.3 Å². The molecule has 1 fully saturated rings. The van der Waals surface area contributed by atoms with Gasteiger partial charge in [0.1, 0.15) is 5.82 Å². The average molecular weight is 348 g/mol. The van der Waals surface area contributed by atoms with E-state index in [1.54, 1.807) is 6.20 Å². The van der Waals surface area contributed by atoms with Crippen LogP contribution in [0.15, 0.2) is 30.5 Å². The quantitative estimate of drug-likeness (QED) is 0.552. The fourth-order valence-corrected chi connectivity index (χ4v) is 3.76. The summed E-state index contributed by atoms with van der Waals surface area (Å²) in [5, 5.41) is 17.7. The van der Waals surface area contributed by atoms with Gasteiger partial charge < -0.3 is 4.90 Å². The lowest BCUT2D eigenvalue weighted by atomic mass is 9.96. The Balaban J connectivity index is 1.42. The predicted molar refractivity (Wildman–Crippen MR) is 97.4 cm³/mol. The second kappa shape index (κ2) is 5.76. The Morgan fingerprint density at radius 3 is 2.62 bits per heavy atom. The van der Waals surface area contributed by atoms with Crippen molar-refractivity contribution < 1.29 is 0 Å². The highest BCUT2D eigenvalue weighted by molar-refractivity contribution is 5.51. The second-order valence-electron chi connectivity index (χ2n) is 6.92. The van der Waals surface area contributed by atoms with E-state index in [0.29, 0.717) is 5.92 Å². The largest absolute Gasteiger partial charge is 0.356 e. The SMILES string of the molecule is Cc1cc(N2CCC(c3nnc4ccc(C)nn34)CC2)n2nccc2n1. The van der Waals surface area contributed by atoms with Crippen molar-refractivity contribution in [3.63, 3.8) is 0 Å². The van der Waals surface area contributed by atoms with Crippen LogP contribution in [0.5, 0.6) is 0 Å². The van der Waals surface area contributed by atoms with Gasteiger partial charge >= 0.3 is 0 Å². The average Bonchev–Trinajstić information content (AvgIpc) is 3.27. The molecule has 5 heterocycles. The molecule has 0 radical (unpaired) electrons. The van der Waals surface area contributed by atoms with Gasteiger partial charge in [-0.25, -0.2) is 4.98 Å². The summed E-state index contributed by atoms with van der Waals surface area (Å²) in [5.74, 6) is 2.45. The van der Waals surface area contributed by atoms with E-state index in [2.05, 4.69) is 36.3 Å². The molecule has 26 heavy (non-hydrogen) atoms. The molecule has 1 saturated heterocycles. The Morgan fingerprint density at radius 2 is 1.77 bits per heavy atom. The standard InChI is InChI=1S/C18H20N8/c1-12-3-4-16-21-22-18(26(16)23-12)14-6-9-24(10-7-14)17-11-13(2)20-15-5-8-19-25(15)17/h3-5,8,11,14H,6-7,9-10H2,1-2H3. The van der Waals surface area contributed by atoms with Crippen molar-refractivity contribution in [1.82, 2.24) is 34.4 Å². The monoisotopic (exact) mass is 348 g/mol. The Bertz CT molecular complexity index is 1090. The third-order valence-corrected chi connectivity index (χ3v) is 5.07. The Kier molecular flexibility index (Phi) is 3.37. The van der Waals surface area contributed by atoms with Crippen LogP contribution in [0.3, 0.4) is 0 Å². The number of nitrogens with zero attached hydrogens (tertiary/aromatic N) is 8. The van der Waals surface area contributed by atoms with Crippen molar-refractivity contribution in [2.75, 3.05) is 18.0 Å². The van der Waals surface area contributed by atoms with Gasteiger partial charge in [0.05, 0.1) is 11.9 Å². The van der Waals surface area contributed by atoms with E-state index in [4.69, 9.17) is 0 Å². The van der Waals surface area contributed by atoms with Crippen LogP contribution in [0.25, 0.3) is 11.3 Å². The zero-order valence-electron chi connectivity index (χ0n) is 14.9. The fourth-order valence-electron chi connectivity index (χ4n) is 3.76. The zero-order chi connectivity index (χ0) is 17.7. The molecule has 0 bridgehead atoms. The molecular weight excluding hydrogens is 328 g/mol. The molecule has 0 saturated carbocycles. The molecule has 0 unspecified atom stereocenters. The van der Waals surface area contributed by atoms with E-state index in [1.165, 1.54) is 0 Å². The van der Waals surface area contributed by atoms with Crippen LogP contribution in [0, 0.1) is 13.8 Å². The summed E-state index contributed by atoms with van der Waals surface area (Å²) < 4.78 is 3.82. The van der Waals surface area contributed by atoms with Crippen LogP contribution in [0.1, 0.15) is 36.0 Å². The number of piperidine rings is 1. The highest BCUT2D eigenvalue weighted by atomic mass is 15.4. The molecule has 8 nitrogen and oxygen atoms in total. The van der Waals surface area contributed by atoms with E-state index in [-0.39, 0.29) is 0 Å². The number of aromatic nitrogens is 7. The molecule has 0 aliphatic carbocycles. The second-order valence-corrected chi connectivity index (χ2v) is 6.92. The number of hydrogen-bond acceptors (Lipinski definition) is 6. The van der Waals surface area contributed by atoms with Crippen molar-refractivity contribution in [3.05, 3.63) is 47.7 Å². The smallest absolute Gasteiger partial charge is 0.177 e. The highest BCUT2D eigenvalue weighted by Crippen LogP contribution is 2.29. The lowest BCUT2D eigenvalue weighted by Crippen LogP contribution is -2.35. The lowest BCUT2D eigenvalue weighted by molar-refractivity contribution is 0.472. The van der Waals surface area contributed by atoms with Crippen molar-refractivity contribution in [3.8, 4) is 0 Å². The van der Waals surface area contributed by atoms with Crippen molar-refractivity contribution in [2.24, 2.45) is 0 Å². The summed E-state index contributed by atoms with van der Waals surface area (Å²) in [7, 11) is 0. The van der Waals surface area contributed by atoms with Crippen molar-refractivity contribution >= 4 is 17.1 Å². The Morgan fingerprint density at radius 1 is 0.923 bits per heavy atom. The van der Waals surface area contributed by atoms with Gasteiger partial charge in [-0.05, 0) is 38.8 Å². The van der Waals surface area contributed by atoms with E-state index in [9.17, 15) is 0 Å². The Hall–Kier alpha value is -3.03. The first-order valence-electron chi connectivity index (χ1n) is 8.94. The third-order valence-electron chi connectivity index (χ3n) is 5.07. The predicted octanol–water partition coefficient (Wildman–Crippen LogP) is 2.17. The molecule has 0 aromatic carbocycles. The molecule has 0 amide bonds. The van der Waals surface area contributed by atoms with Gasteiger partial charge in [-0.15, -0.1) is 10.2 Å². The third kappa shape index (κ3) is 2.40. The minimum absolute atomic E-state index is 0.367. The van der Waals surface area contributed by atoms with Gasteiger partial charge in [0.25, 0.3) is 0 Å². The molecular formula is C18H20N8. The van der Waals surface area contributed by atoms with E-state index < -0.39 is 0 Å². The summed E-state index contributed by atoms with van der Waals surface area (Å²) in [6.45, 7) is 5.92.